The largest absolute Gasteiger partial charge is 0.395 e. The van der Waals surface area contributed by atoms with Crippen molar-refractivity contribution < 1.29 is 5.11 Å². The number of aromatic amines is 1. The zero-order valence-corrected chi connectivity index (χ0v) is 12.9. The number of thiazole rings is 1. The molecule has 20 heavy (non-hydrogen) atoms. The Hall–Kier alpha value is -1.12. The Morgan fingerprint density at radius 1 is 1.40 bits per heavy atom. The molecule has 0 amide bonds. The first-order valence-electron chi connectivity index (χ1n) is 6.63. The molecule has 2 heterocycles. The average molecular weight is 314 g/mol. The summed E-state index contributed by atoms with van der Waals surface area (Å²) in [5.41, 5.74) is 0.319. The van der Waals surface area contributed by atoms with Crippen LogP contribution in [-0.2, 0) is 0 Å². The van der Waals surface area contributed by atoms with Crippen LogP contribution >= 0.6 is 23.1 Å². The molecule has 0 aromatic carbocycles. The summed E-state index contributed by atoms with van der Waals surface area (Å²) in [5.74, 6) is 0.946. The molecule has 2 aromatic heterocycles. The first-order valence-corrected chi connectivity index (χ1v) is 8.43. The van der Waals surface area contributed by atoms with Crippen molar-refractivity contribution in [2.24, 2.45) is 0 Å². The molecule has 0 aliphatic carbocycles. The fourth-order valence-electron chi connectivity index (χ4n) is 1.65. The van der Waals surface area contributed by atoms with Gasteiger partial charge >= 0.3 is 0 Å². The fraction of sp³-hybridized carbons (Fsp3) is 0.583. The Bertz CT molecular complexity index is 611. The summed E-state index contributed by atoms with van der Waals surface area (Å²) in [6, 6.07) is 0. The number of nitrogens with zero attached hydrogens (tertiary/aromatic N) is 2. The average Bonchev–Trinajstić information content (AvgIpc) is 2.85. The molecule has 0 unspecified atom stereocenters. The van der Waals surface area contributed by atoms with Gasteiger partial charge in [0, 0.05) is 12.3 Å². The second-order valence-corrected chi connectivity index (χ2v) is 6.33. The van der Waals surface area contributed by atoms with Gasteiger partial charge in [0.05, 0.1) is 6.61 Å². The molecule has 0 saturated heterocycles. The SMILES string of the molecule is CCCCCSc1nc(=O)c2sc(NCCO)nc2[nH]1. The molecule has 0 atom stereocenters. The first-order chi connectivity index (χ1) is 9.74. The second kappa shape index (κ2) is 7.61. The summed E-state index contributed by atoms with van der Waals surface area (Å²) in [5, 5.41) is 13.0. The van der Waals surface area contributed by atoms with E-state index in [1.165, 1.54) is 24.2 Å². The Balaban J connectivity index is 2.12. The minimum absolute atomic E-state index is 0.0284. The molecule has 0 aliphatic heterocycles. The molecule has 0 aliphatic rings. The van der Waals surface area contributed by atoms with E-state index in [1.807, 2.05) is 0 Å². The molecular formula is C12H18N4O2S2. The van der Waals surface area contributed by atoms with Crippen LogP contribution in [0.3, 0.4) is 0 Å². The molecule has 0 bridgehead atoms. The molecular weight excluding hydrogens is 296 g/mol. The van der Waals surface area contributed by atoms with Crippen LogP contribution < -0.4 is 10.9 Å². The minimum atomic E-state index is -0.244. The molecule has 2 aromatic rings. The number of unbranched alkanes of at least 4 members (excludes halogenated alkanes) is 2. The van der Waals surface area contributed by atoms with Gasteiger partial charge < -0.3 is 15.4 Å². The lowest BCUT2D eigenvalue weighted by Gasteiger charge is -1.99. The van der Waals surface area contributed by atoms with Gasteiger partial charge in [-0.25, -0.2) is 4.98 Å². The molecule has 0 saturated carbocycles. The summed E-state index contributed by atoms with van der Waals surface area (Å²) in [6.45, 7) is 2.60. The van der Waals surface area contributed by atoms with Gasteiger partial charge in [0.2, 0.25) is 0 Å². The molecule has 6 nitrogen and oxygen atoms in total. The molecule has 110 valence electrons. The number of H-pyrrole nitrogens is 1. The van der Waals surface area contributed by atoms with E-state index in [2.05, 4.69) is 27.2 Å². The standard InChI is InChI=1S/C12H18N4O2S2/c1-2-3-4-7-19-12-15-9-8(10(18)16-12)20-11(14-9)13-5-6-17/h17H,2-7H2,1H3,(H2,13,14,15,16,18). The third kappa shape index (κ3) is 3.94. The Kier molecular flexibility index (Phi) is 5.81. The summed E-state index contributed by atoms with van der Waals surface area (Å²) in [6.07, 6.45) is 3.48. The number of anilines is 1. The number of hydrogen-bond acceptors (Lipinski definition) is 7. The zero-order chi connectivity index (χ0) is 14.4. The van der Waals surface area contributed by atoms with E-state index in [1.54, 1.807) is 11.8 Å². The van der Waals surface area contributed by atoms with E-state index in [9.17, 15) is 4.79 Å². The number of aliphatic hydroxyl groups excluding tert-OH is 1. The Morgan fingerprint density at radius 2 is 2.25 bits per heavy atom. The van der Waals surface area contributed by atoms with Crippen molar-refractivity contribution in [3.05, 3.63) is 10.4 Å². The van der Waals surface area contributed by atoms with Gasteiger partial charge in [0.15, 0.2) is 15.9 Å². The van der Waals surface area contributed by atoms with Crippen molar-refractivity contribution in [3.8, 4) is 0 Å². The Labute approximate surface area is 125 Å². The smallest absolute Gasteiger partial charge is 0.293 e. The zero-order valence-electron chi connectivity index (χ0n) is 11.3. The number of fused-ring (bicyclic) bond motifs is 1. The number of thioether (sulfide) groups is 1. The van der Waals surface area contributed by atoms with Crippen molar-refractivity contribution in [3.63, 3.8) is 0 Å². The number of nitrogens with one attached hydrogen (secondary N) is 2. The van der Waals surface area contributed by atoms with Gasteiger partial charge in [0.1, 0.15) is 4.70 Å². The van der Waals surface area contributed by atoms with Gasteiger partial charge in [-0.1, -0.05) is 42.9 Å². The van der Waals surface area contributed by atoms with Gasteiger partial charge in [-0.05, 0) is 6.42 Å². The van der Waals surface area contributed by atoms with Crippen LogP contribution in [0.15, 0.2) is 9.95 Å². The summed E-state index contributed by atoms with van der Waals surface area (Å²) in [7, 11) is 0. The maximum atomic E-state index is 11.9. The molecule has 3 N–H and O–H groups in total. The Morgan fingerprint density at radius 3 is 3.00 bits per heavy atom. The van der Waals surface area contributed by atoms with E-state index in [0.717, 1.165) is 12.2 Å². The maximum absolute atomic E-state index is 11.9. The molecule has 2 rings (SSSR count). The van der Waals surface area contributed by atoms with Gasteiger partial charge in [-0.3, -0.25) is 4.79 Å². The van der Waals surface area contributed by atoms with Crippen LogP contribution in [0, 0.1) is 0 Å². The third-order valence-corrected chi connectivity index (χ3v) is 4.59. The molecule has 8 heteroatoms. The lowest BCUT2D eigenvalue weighted by molar-refractivity contribution is 0.311. The van der Waals surface area contributed by atoms with E-state index < -0.39 is 0 Å². The van der Waals surface area contributed by atoms with E-state index in [-0.39, 0.29) is 12.2 Å². The fourth-order valence-corrected chi connectivity index (χ4v) is 3.34. The highest BCUT2D eigenvalue weighted by Gasteiger charge is 2.10. The minimum Gasteiger partial charge on any atom is -0.395 e. The molecule has 0 spiro atoms. The molecule has 0 fully saturated rings. The lowest BCUT2D eigenvalue weighted by atomic mass is 10.3. The number of aliphatic hydroxyl groups is 1. The topological polar surface area (TPSA) is 90.9 Å². The predicted molar refractivity (Wildman–Crippen MR) is 83.9 cm³/mol. The van der Waals surface area contributed by atoms with Crippen LogP contribution in [0.25, 0.3) is 10.3 Å². The predicted octanol–water partition coefficient (Wildman–Crippen LogP) is 2.07. The van der Waals surface area contributed by atoms with Crippen LogP contribution in [0.4, 0.5) is 5.13 Å². The van der Waals surface area contributed by atoms with Crippen LogP contribution in [-0.4, -0.2) is 39.0 Å². The van der Waals surface area contributed by atoms with Gasteiger partial charge in [0.25, 0.3) is 5.56 Å². The van der Waals surface area contributed by atoms with Crippen molar-refractivity contribution >= 4 is 38.6 Å². The number of aromatic nitrogens is 3. The summed E-state index contributed by atoms with van der Waals surface area (Å²) in [4.78, 5) is 23.4. The van der Waals surface area contributed by atoms with Crippen LogP contribution in [0.5, 0.6) is 0 Å². The first kappa shape index (κ1) is 15.3. The van der Waals surface area contributed by atoms with Crippen LogP contribution in [0.1, 0.15) is 26.2 Å². The monoisotopic (exact) mass is 314 g/mol. The highest BCUT2D eigenvalue weighted by Crippen LogP contribution is 2.23. The number of rotatable bonds is 8. The highest BCUT2D eigenvalue weighted by atomic mass is 32.2. The normalized spacial score (nSPS) is 11.1. The van der Waals surface area contributed by atoms with E-state index >= 15 is 0 Å². The molecule has 0 radical (unpaired) electrons. The highest BCUT2D eigenvalue weighted by molar-refractivity contribution is 7.99. The van der Waals surface area contributed by atoms with Gasteiger partial charge in [-0.15, -0.1) is 0 Å². The van der Waals surface area contributed by atoms with Crippen molar-refractivity contribution in [2.45, 2.75) is 31.3 Å². The van der Waals surface area contributed by atoms with E-state index in [0.29, 0.717) is 27.2 Å². The second-order valence-electron chi connectivity index (χ2n) is 4.25. The third-order valence-electron chi connectivity index (χ3n) is 2.62. The van der Waals surface area contributed by atoms with Crippen molar-refractivity contribution in [1.82, 2.24) is 15.0 Å². The van der Waals surface area contributed by atoms with Crippen LogP contribution in [0.2, 0.25) is 0 Å². The summed E-state index contributed by atoms with van der Waals surface area (Å²) < 4.78 is 0.517. The number of hydrogen-bond donors (Lipinski definition) is 3. The van der Waals surface area contributed by atoms with Crippen molar-refractivity contribution in [1.29, 1.82) is 0 Å². The van der Waals surface area contributed by atoms with Crippen molar-refractivity contribution in [2.75, 3.05) is 24.2 Å². The quantitative estimate of drug-likeness (QED) is 0.392. The maximum Gasteiger partial charge on any atom is 0.293 e. The lowest BCUT2D eigenvalue weighted by Crippen LogP contribution is -2.07. The van der Waals surface area contributed by atoms with E-state index in [4.69, 9.17) is 5.11 Å². The summed E-state index contributed by atoms with van der Waals surface area (Å²) >= 11 is 2.81. The van der Waals surface area contributed by atoms with Gasteiger partial charge in [-0.2, -0.15) is 4.98 Å².